The van der Waals surface area contributed by atoms with Crippen LogP contribution in [0.5, 0.6) is 0 Å². The Morgan fingerprint density at radius 1 is 0.328 bits per heavy atom. The van der Waals surface area contributed by atoms with E-state index in [1.807, 2.05) is 0 Å². The molecule has 0 saturated heterocycles. The van der Waals surface area contributed by atoms with Crippen LogP contribution in [0.1, 0.15) is 58.2 Å². The van der Waals surface area contributed by atoms with E-state index in [-0.39, 0.29) is 10.8 Å². The van der Waals surface area contributed by atoms with Crippen LogP contribution in [0.2, 0.25) is 0 Å². The predicted octanol–water partition coefficient (Wildman–Crippen LogP) is 16.8. The maximum Gasteiger partial charge on any atom is 0.104 e. The lowest BCUT2D eigenvalue weighted by molar-refractivity contribution is 0.590. The standard InChI is InChI=1S/C63H50N4/c1-62(2,3)42-33-35-55-48(37-42)49-38-43(63(4,5)6)34-36-56(49)67(55)61-57(40-21-9-7-10-22-40)59(65-51-29-17-13-25-44(51)45-26-14-18-30-52(45)65)50(39-64)60(58(61)41-23-11-8-12-24-41)66-53-31-19-15-27-46(53)47-28-16-20-32-54(47)66/h7-38H,1-6H3. The Morgan fingerprint density at radius 2 is 0.627 bits per heavy atom. The van der Waals surface area contributed by atoms with Crippen molar-refractivity contribution in [3.8, 4) is 45.4 Å². The van der Waals surface area contributed by atoms with Gasteiger partial charge in [0.2, 0.25) is 0 Å². The van der Waals surface area contributed by atoms with Gasteiger partial charge in [0.15, 0.2) is 0 Å². The second-order valence-electron chi connectivity index (χ2n) is 20.1. The van der Waals surface area contributed by atoms with Crippen molar-refractivity contribution in [1.82, 2.24) is 13.7 Å². The highest BCUT2D eigenvalue weighted by Gasteiger charge is 2.34. The zero-order chi connectivity index (χ0) is 45.8. The first-order valence-electron chi connectivity index (χ1n) is 23.3. The number of fused-ring (bicyclic) bond motifs is 9. The molecule has 0 N–H and O–H groups in total. The molecule has 0 fully saturated rings. The molecule has 0 saturated carbocycles. The Bertz CT molecular complexity index is 3630. The van der Waals surface area contributed by atoms with Gasteiger partial charge in [-0.3, -0.25) is 0 Å². The second kappa shape index (κ2) is 15.0. The molecule has 0 amide bonds. The molecule has 0 aliphatic carbocycles. The van der Waals surface area contributed by atoms with Crippen LogP contribution in [0, 0.1) is 11.3 Å². The van der Waals surface area contributed by atoms with Crippen LogP contribution in [0.25, 0.3) is 105 Å². The summed E-state index contributed by atoms with van der Waals surface area (Å²) in [7, 11) is 0. The number of nitrogens with zero attached hydrogens (tertiary/aromatic N) is 4. The summed E-state index contributed by atoms with van der Waals surface area (Å²) in [6, 6.07) is 73.3. The molecule has 12 rings (SSSR count). The van der Waals surface area contributed by atoms with Gasteiger partial charge in [0.25, 0.3) is 0 Å². The van der Waals surface area contributed by atoms with E-state index >= 15 is 0 Å². The molecule has 0 bridgehead atoms. The minimum Gasteiger partial charge on any atom is -0.308 e. The Hall–Kier alpha value is -8.13. The van der Waals surface area contributed by atoms with Crippen molar-refractivity contribution in [3.05, 3.63) is 211 Å². The Labute approximate surface area is 391 Å². The van der Waals surface area contributed by atoms with Crippen molar-refractivity contribution < 1.29 is 0 Å². The van der Waals surface area contributed by atoms with Gasteiger partial charge in [0, 0.05) is 43.4 Å². The lowest BCUT2D eigenvalue weighted by Gasteiger charge is -2.29. The second-order valence-corrected chi connectivity index (χ2v) is 20.1. The zero-order valence-corrected chi connectivity index (χ0v) is 38.8. The van der Waals surface area contributed by atoms with Crippen molar-refractivity contribution in [2.45, 2.75) is 52.4 Å². The molecule has 3 heterocycles. The highest BCUT2D eigenvalue weighted by Crippen LogP contribution is 2.52. The van der Waals surface area contributed by atoms with Crippen LogP contribution in [-0.4, -0.2) is 13.7 Å². The molecule has 322 valence electrons. The molecule has 0 unspecified atom stereocenters. The molecular formula is C63H50N4. The minimum atomic E-state index is -0.0729. The molecule has 9 aromatic carbocycles. The van der Waals surface area contributed by atoms with E-state index in [0.717, 1.165) is 94.0 Å². The molecule has 0 atom stereocenters. The Balaban J connectivity index is 1.43. The van der Waals surface area contributed by atoms with E-state index in [1.165, 1.54) is 21.9 Å². The van der Waals surface area contributed by atoms with Crippen molar-refractivity contribution in [1.29, 1.82) is 5.26 Å². The van der Waals surface area contributed by atoms with Crippen LogP contribution in [0.4, 0.5) is 0 Å². The van der Waals surface area contributed by atoms with Crippen molar-refractivity contribution in [2.75, 3.05) is 0 Å². The smallest absolute Gasteiger partial charge is 0.104 e. The van der Waals surface area contributed by atoms with E-state index in [0.29, 0.717) is 5.56 Å². The van der Waals surface area contributed by atoms with Gasteiger partial charge in [-0.1, -0.05) is 187 Å². The number of hydrogen-bond donors (Lipinski definition) is 0. The highest BCUT2D eigenvalue weighted by atomic mass is 15.1. The van der Waals surface area contributed by atoms with Gasteiger partial charge in [-0.05, 0) is 81.6 Å². The number of aromatic nitrogens is 3. The molecule has 4 heteroatoms. The summed E-state index contributed by atoms with van der Waals surface area (Å²) in [4.78, 5) is 0. The Kier molecular flexibility index (Phi) is 9.01. The minimum absolute atomic E-state index is 0.0729. The van der Waals surface area contributed by atoms with Crippen molar-refractivity contribution in [3.63, 3.8) is 0 Å². The summed E-state index contributed by atoms with van der Waals surface area (Å²) in [5, 5.41) is 19.3. The molecule has 3 aromatic heterocycles. The molecule has 12 aromatic rings. The predicted molar refractivity (Wildman–Crippen MR) is 282 cm³/mol. The van der Waals surface area contributed by atoms with Crippen molar-refractivity contribution >= 4 is 65.4 Å². The highest BCUT2D eigenvalue weighted by molar-refractivity contribution is 6.16. The van der Waals surface area contributed by atoms with Gasteiger partial charge in [0.05, 0.1) is 50.2 Å². The van der Waals surface area contributed by atoms with Crippen LogP contribution < -0.4 is 0 Å². The summed E-state index contributed by atoms with van der Waals surface area (Å²) in [5.41, 5.74) is 16.0. The molecule has 0 aliphatic rings. The number of nitriles is 1. The first kappa shape index (κ1) is 40.4. The largest absolute Gasteiger partial charge is 0.308 e. The van der Waals surface area contributed by atoms with Crippen LogP contribution >= 0.6 is 0 Å². The summed E-state index contributed by atoms with van der Waals surface area (Å²) in [6.07, 6.45) is 0. The van der Waals surface area contributed by atoms with Gasteiger partial charge in [-0.25, -0.2) is 0 Å². The number of hydrogen-bond acceptors (Lipinski definition) is 1. The average molecular weight is 863 g/mol. The first-order chi connectivity index (χ1) is 32.5. The first-order valence-corrected chi connectivity index (χ1v) is 23.3. The summed E-state index contributed by atoms with van der Waals surface area (Å²) >= 11 is 0. The molecule has 0 spiro atoms. The third-order valence-electron chi connectivity index (χ3n) is 14.0. The van der Waals surface area contributed by atoms with Crippen LogP contribution in [0.3, 0.4) is 0 Å². The van der Waals surface area contributed by atoms with Gasteiger partial charge in [-0.15, -0.1) is 0 Å². The van der Waals surface area contributed by atoms with E-state index in [2.05, 4.69) is 255 Å². The fourth-order valence-electron chi connectivity index (χ4n) is 10.8. The third kappa shape index (κ3) is 6.12. The SMILES string of the molecule is CC(C)(C)c1ccc2c(c1)c1cc(C(C)(C)C)ccc1n2-c1c(-c2ccccc2)c(-n2c3ccccc3c3ccccc32)c(C#N)c(-n2c3ccccc3c3ccccc32)c1-c1ccccc1. The number of rotatable bonds is 5. The molecular weight excluding hydrogens is 813 g/mol. The quantitative estimate of drug-likeness (QED) is 0.170. The molecule has 67 heavy (non-hydrogen) atoms. The van der Waals surface area contributed by atoms with Gasteiger partial charge in [0.1, 0.15) is 11.6 Å². The topological polar surface area (TPSA) is 38.6 Å². The average Bonchev–Trinajstić information content (AvgIpc) is 3.98. The van der Waals surface area contributed by atoms with Gasteiger partial charge >= 0.3 is 0 Å². The van der Waals surface area contributed by atoms with E-state index < -0.39 is 0 Å². The summed E-state index contributed by atoms with van der Waals surface area (Å²) in [5.74, 6) is 0. The van der Waals surface area contributed by atoms with Crippen molar-refractivity contribution in [2.24, 2.45) is 0 Å². The maximum atomic E-state index is 12.3. The van der Waals surface area contributed by atoms with E-state index in [9.17, 15) is 5.26 Å². The third-order valence-corrected chi connectivity index (χ3v) is 14.0. The van der Waals surface area contributed by atoms with Gasteiger partial charge in [-0.2, -0.15) is 5.26 Å². The molecule has 0 radical (unpaired) electrons. The summed E-state index contributed by atoms with van der Waals surface area (Å²) in [6.45, 7) is 13.8. The lowest BCUT2D eigenvalue weighted by atomic mass is 9.85. The van der Waals surface area contributed by atoms with E-state index in [1.54, 1.807) is 0 Å². The van der Waals surface area contributed by atoms with Crippen LogP contribution in [-0.2, 0) is 10.8 Å². The normalized spacial score (nSPS) is 12.3. The van der Waals surface area contributed by atoms with Crippen LogP contribution in [0.15, 0.2) is 194 Å². The molecule has 4 nitrogen and oxygen atoms in total. The van der Waals surface area contributed by atoms with Gasteiger partial charge < -0.3 is 13.7 Å². The fraction of sp³-hybridized carbons (Fsp3) is 0.127. The van der Waals surface area contributed by atoms with E-state index in [4.69, 9.17) is 0 Å². The Morgan fingerprint density at radius 3 is 0.955 bits per heavy atom. The lowest BCUT2D eigenvalue weighted by Crippen LogP contribution is -2.14. The fourth-order valence-corrected chi connectivity index (χ4v) is 10.8. The maximum absolute atomic E-state index is 12.3. The monoisotopic (exact) mass is 862 g/mol. The summed E-state index contributed by atoms with van der Waals surface area (Å²) < 4.78 is 7.29. The zero-order valence-electron chi connectivity index (χ0n) is 38.8. The number of para-hydroxylation sites is 4. The molecule has 0 aliphatic heterocycles. The number of benzene rings is 9.